The van der Waals surface area contributed by atoms with Crippen molar-refractivity contribution in [3.8, 4) is 0 Å². The fraction of sp³-hybridized carbons (Fsp3) is 0.586. The summed E-state index contributed by atoms with van der Waals surface area (Å²) in [6.45, 7) is 32.0. The van der Waals surface area contributed by atoms with E-state index >= 15 is 0 Å². The lowest BCUT2D eigenvalue weighted by molar-refractivity contribution is -0.160. The molecule has 64 heavy (non-hydrogen) atoms. The molecule has 1 aromatic carbocycles. The van der Waals surface area contributed by atoms with Crippen molar-refractivity contribution in [3.05, 3.63) is 121 Å². The first kappa shape index (κ1) is 57.7. The molecule has 356 valence electrons. The highest BCUT2D eigenvalue weighted by atomic mass is 16.5. The Morgan fingerprint density at radius 2 is 1.28 bits per heavy atom. The van der Waals surface area contributed by atoms with E-state index in [-0.39, 0.29) is 52.6 Å². The van der Waals surface area contributed by atoms with Crippen molar-refractivity contribution in [2.24, 2.45) is 28.1 Å². The van der Waals surface area contributed by atoms with Crippen molar-refractivity contribution >= 4 is 23.5 Å². The van der Waals surface area contributed by atoms with Gasteiger partial charge in [-0.2, -0.15) is 0 Å². The molecule has 0 spiro atoms. The molecule has 0 heterocycles. The van der Waals surface area contributed by atoms with E-state index in [1.807, 2.05) is 51.1 Å². The molecular weight excluding hydrogens is 793 g/mol. The van der Waals surface area contributed by atoms with E-state index in [4.69, 9.17) is 9.47 Å². The average Bonchev–Trinajstić information content (AvgIpc) is 3.25. The standard InChI is InChI=1S/C58H88O6/c1-14-32-47(16-3)38-40-52(64-55(62)49(33-15-2)44-45(5)6)58(12,13)43-31-24-19-18-23-30-42-57(10,11)51(41-39-48-35-27-25-28-36-48)63-54(61)46(7)34-26-21-20-22-29-37-50(59)53(60)56(8,9)17-4/h14,16,25,27-32,35-37,42-43,46,49,51-52H,1,3,5,15,17-24,26,33-34,38-41,44H2,2,4,6-13H3/b37-29-,42-30+,43-31+,47-32+/t46?,49-,51?,52?/m1/s1. The van der Waals surface area contributed by atoms with Crippen LogP contribution >= 0.6 is 0 Å². The maximum atomic E-state index is 13.5. The molecule has 1 aromatic rings. The van der Waals surface area contributed by atoms with E-state index in [1.165, 1.54) is 11.6 Å². The van der Waals surface area contributed by atoms with E-state index in [2.05, 4.69) is 90.8 Å². The number of carbonyl (C=O) groups is 4. The van der Waals surface area contributed by atoms with Crippen LogP contribution in [0.2, 0.25) is 0 Å². The molecule has 0 aliphatic heterocycles. The summed E-state index contributed by atoms with van der Waals surface area (Å²) in [7, 11) is 0. The molecule has 0 aromatic heterocycles. The molecule has 0 amide bonds. The highest BCUT2D eigenvalue weighted by molar-refractivity contribution is 6.43. The summed E-state index contributed by atoms with van der Waals surface area (Å²) >= 11 is 0. The summed E-state index contributed by atoms with van der Waals surface area (Å²) in [4.78, 5) is 51.6. The van der Waals surface area contributed by atoms with Gasteiger partial charge in [-0.15, -0.1) is 6.58 Å². The third-order valence-corrected chi connectivity index (χ3v) is 12.6. The monoisotopic (exact) mass is 881 g/mol. The molecule has 0 saturated carbocycles. The predicted molar refractivity (Wildman–Crippen MR) is 270 cm³/mol. The zero-order valence-corrected chi connectivity index (χ0v) is 42.0. The lowest BCUT2D eigenvalue weighted by Gasteiger charge is -2.33. The van der Waals surface area contributed by atoms with Gasteiger partial charge >= 0.3 is 11.9 Å². The molecule has 4 atom stereocenters. The fourth-order valence-electron chi connectivity index (χ4n) is 7.66. The second kappa shape index (κ2) is 30.7. The van der Waals surface area contributed by atoms with Gasteiger partial charge in [-0.25, -0.2) is 0 Å². The van der Waals surface area contributed by atoms with Crippen LogP contribution in [0.15, 0.2) is 116 Å². The molecule has 0 saturated heterocycles. The second-order valence-electron chi connectivity index (χ2n) is 19.8. The van der Waals surface area contributed by atoms with Crippen LogP contribution in [0.5, 0.6) is 0 Å². The molecule has 1 rings (SSSR count). The van der Waals surface area contributed by atoms with Crippen molar-refractivity contribution in [2.75, 3.05) is 0 Å². The maximum absolute atomic E-state index is 13.5. The molecular formula is C58H88O6. The van der Waals surface area contributed by atoms with E-state index in [0.29, 0.717) is 19.3 Å². The van der Waals surface area contributed by atoms with Gasteiger partial charge in [0, 0.05) is 16.2 Å². The highest BCUT2D eigenvalue weighted by Gasteiger charge is 2.34. The van der Waals surface area contributed by atoms with Crippen molar-refractivity contribution in [2.45, 2.75) is 191 Å². The van der Waals surface area contributed by atoms with Gasteiger partial charge in [0.15, 0.2) is 0 Å². The molecule has 0 aliphatic carbocycles. The number of benzene rings is 1. The van der Waals surface area contributed by atoms with Crippen LogP contribution in [-0.4, -0.2) is 35.7 Å². The maximum Gasteiger partial charge on any atom is 0.309 e. The lowest BCUT2D eigenvalue weighted by atomic mass is 9.82. The number of carbonyl (C=O) groups excluding carboxylic acids is 4. The van der Waals surface area contributed by atoms with E-state index in [9.17, 15) is 19.2 Å². The largest absolute Gasteiger partial charge is 0.461 e. The summed E-state index contributed by atoms with van der Waals surface area (Å²) < 4.78 is 12.7. The zero-order chi connectivity index (χ0) is 48.2. The summed E-state index contributed by atoms with van der Waals surface area (Å²) in [5.41, 5.74) is 1.94. The quantitative estimate of drug-likeness (QED) is 0.0169. The number of ether oxygens (including phenoxy) is 2. The normalized spacial score (nSPS) is 14.6. The van der Waals surface area contributed by atoms with Gasteiger partial charge in [0.25, 0.3) is 0 Å². The first-order valence-corrected chi connectivity index (χ1v) is 24.4. The first-order valence-electron chi connectivity index (χ1n) is 24.4. The smallest absolute Gasteiger partial charge is 0.309 e. The van der Waals surface area contributed by atoms with Crippen LogP contribution in [0.3, 0.4) is 0 Å². The summed E-state index contributed by atoms with van der Waals surface area (Å²) in [5, 5.41) is 0. The summed E-state index contributed by atoms with van der Waals surface area (Å²) in [6.07, 6.45) is 31.2. The lowest BCUT2D eigenvalue weighted by Crippen LogP contribution is -2.35. The van der Waals surface area contributed by atoms with Crippen molar-refractivity contribution in [1.29, 1.82) is 0 Å². The summed E-state index contributed by atoms with van der Waals surface area (Å²) in [5.74, 6) is -1.46. The summed E-state index contributed by atoms with van der Waals surface area (Å²) in [6, 6.07) is 10.4. The molecule has 0 aliphatic rings. The minimum Gasteiger partial charge on any atom is -0.461 e. The first-order chi connectivity index (χ1) is 30.2. The number of ketones is 2. The predicted octanol–water partition coefficient (Wildman–Crippen LogP) is 15.3. The van der Waals surface area contributed by atoms with Crippen molar-refractivity contribution in [3.63, 3.8) is 0 Å². The fourth-order valence-corrected chi connectivity index (χ4v) is 7.66. The van der Waals surface area contributed by atoms with Gasteiger partial charge in [0.1, 0.15) is 12.2 Å². The minimum atomic E-state index is -0.632. The third kappa shape index (κ3) is 23.0. The Labute approximate surface area is 390 Å². The van der Waals surface area contributed by atoms with Crippen LogP contribution < -0.4 is 0 Å². The van der Waals surface area contributed by atoms with Crippen LogP contribution in [0.1, 0.15) is 178 Å². The number of unbranched alkanes of at least 4 members (excludes halogenated alkanes) is 6. The number of esters is 2. The van der Waals surface area contributed by atoms with Gasteiger partial charge in [0.2, 0.25) is 11.6 Å². The number of hydrogen-bond acceptors (Lipinski definition) is 6. The number of allylic oxidation sites excluding steroid dienone is 9. The van der Waals surface area contributed by atoms with Gasteiger partial charge in [-0.3, -0.25) is 19.2 Å². The van der Waals surface area contributed by atoms with Gasteiger partial charge < -0.3 is 9.47 Å². The van der Waals surface area contributed by atoms with Crippen molar-refractivity contribution in [1.82, 2.24) is 0 Å². The number of Topliss-reactive ketones (excluding diaryl/α,β-unsaturated/α-hetero) is 1. The van der Waals surface area contributed by atoms with Gasteiger partial charge in [-0.05, 0) is 114 Å². The molecule has 0 bridgehead atoms. The molecule has 3 unspecified atom stereocenters. The van der Waals surface area contributed by atoms with Gasteiger partial charge in [0.05, 0.1) is 11.8 Å². The van der Waals surface area contributed by atoms with Crippen molar-refractivity contribution < 1.29 is 28.7 Å². The molecule has 0 N–H and O–H groups in total. The minimum absolute atomic E-state index is 0.139. The SMILES string of the molecule is C=C/C=C(\C=C)CCC(OC(=O)[C@H](CCC)CC(=C)C)C(C)(C)/C=C/CCCC/C=C/C(C)(C)C(CCc1ccccc1)OC(=O)C(C)CCCCC/C=C\C(=O)C(=O)C(C)(C)CC. The molecule has 6 heteroatoms. The van der Waals surface area contributed by atoms with E-state index in [1.54, 1.807) is 26.0 Å². The van der Waals surface area contributed by atoms with Gasteiger partial charge in [-0.1, -0.05) is 179 Å². The topological polar surface area (TPSA) is 86.7 Å². The zero-order valence-electron chi connectivity index (χ0n) is 42.0. The third-order valence-electron chi connectivity index (χ3n) is 12.6. The van der Waals surface area contributed by atoms with Crippen LogP contribution in [0, 0.1) is 28.1 Å². The van der Waals surface area contributed by atoms with Crippen LogP contribution in [-0.2, 0) is 35.1 Å². The van der Waals surface area contributed by atoms with E-state index < -0.39 is 11.2 Å². The number of hydrogen-bond donors (Lipinski definition) is 0. The highest BCUT2D eigenvalue weighted by Crippen LogP contribution is 2.33. The Bertz CT molecular complexity index is 1720. The van der Waals surface area contributed by atoms with Crippen LogP contribution in [0.4, 0.5) is 0 Å². The Morgan fingerprint density at radius 1 is 0.719 bits per heavy atom. The van der Waals surface area contributed by atoms with E-state index in [0.717, 1.165) is 101 Å². The number of aryl methyl sites for hydroxylation is 1. The average molecular weight is 881 g/mol. The Hall–Kier alpha value is -4.32. The number of rotatable bonds is 35. The Kier molecular flexibility index (Phi) is 27.7. The Balaban J connectivity index is 2.86. The van der Waals surface area contributed by atoms with Crippen LogP contribution in [0.25, 0.3) is 0 Å². The molecule has 6 nitrogen and oxygen atoms in total. The molecule has 0 fully saturated rings. The molecule has 0 radical (unpaired) electrons. The Morgan fingerprint density at radius 3 is 1.83 bits per heavy atom. The second-order valence-corrected chi connectivity index (χ2v) is 19.8.